The van der Waals surface area contributed by atoms with Gasteiger partial charge in [-0.25, -0.2) is 26.3 Å². The lowest BCUT2D eigenvalue weighted by Crippen LogP contribution is -2.35. The molecule has 2 N–H and O–H groups in total. The van der Waals surface area contributed by atoms with Crippen LogP contribution in [-0.2, 0) is 16.4 Å². The smallest absolute Gasteiger partial charge is 0.254 e. The highest BCUT2D eigenvalue weighted by Gasteiger charge is 2.19. The number of carbonyl (C=O) groups excluding carboxylic acids is 1. The molecule has 0 radical (unpaired) electrons. The number of hydrogen-bond donors (Lipinski definition) is 2. The molecule has 0 saturated heterocycles. The minimum atomic E-state index is -3.75. The lowest BCUT2D eigenvalue weighted by atomic mass is 10.2. The molecule has 0 atom stereocenters. The summed E-state index contributed by atoms with van der Waals surface area (Å²) in [5.41, 5.74) is 0.326. The Bertz CT molecular complexity index is 900. The molecule has 2 aromatic carbocycles. The van der Waals surface area contributed by atoms with E-state index < -0.39 is 38.9 Å². The molecule has 5 nitrogen and oxygen atoms in total. The number of carbonyl (C=O) groups is 1. The molecule has 2 rings (SSSR count). The molecule has 9 heteroatoms. The van der Waals surface area contributed by atoms with Gasteiger partial charge in [-0.2, -0.15) is 0 Å². The molecule has 0 fully saturated rings. The van der Waals surface area contributed by atoms with Gasteiger partial charge in [0.15, 0.2) is 17.5 Å². The van der Waals surface area contributed by atoms with Gasteiger partial charge in [-0.3, -0.25) is 4.79 Å². The molecule has 140 valence electrons. The van der Waals surface area contributed by atoms with Crippen LogP contribution >= 0.6 is 0 Å². The van der Waals surface area contributed by atoms with Crippen molar-refractivity contribution in [1.82, 2.24) is 10.0 Å². The Morgan fingerprint density at radius 2 is 1.62 bits per heavy atom. The summed E-state index contributed by atoms with van der Waals surface area (Å²) in [7, 11) is -3.75. The lowest BCUT2D eigenvalue weighted by Gasteiger charge is -2.09. The summed E-state index contributed by atoms with van der Waals surface area (Å²) in [4.78, 5) is 11.9. The van der Waals surface area contributed by atoms with Crippen LogP contribution in [0.2, 0.25) is 0 Å². The number of hydrogen-bond acceptors (Lipinski definition) is 3. The number of nitrogens with one attached hydrogen (secondary N) is 2. The Labute approximate surface area is 149 Å². The first-order valence-electron chi connectivity index (χ1n) is 7.76. The molecule has 0 aliphatic carbocycles. The maximum Gasteiger partial charge on any atom is 0.254 e. The maximum absolute atomic E-state index is 13.5. The molecule has 2 aromatic rings. The summed E-state index contributed by atoms with van der Waals surface area (Å²) in [6, 6.07) is 7.77. The molecule has 0 saturated carbocycles. The second-order valence-corrected chi connectivity index (χ2v) is 7.14. The fourth-order valence-corrected chi connectivity index (χ4v) is 3.18. The number of halogens is 3. The first kappa shape index (κ1) is 19.9. The maximum atomic E-state index is 13.5. The van der Waals surface area contributed by atoms with Crippen LogP contribution in [0.1, 0.15) is 22.8 Å². The van der Waals surface area contributed by atoms with E-state index in [4.69, 9.17) is 0 Å². The molecule has 0 aromatic heterocycles. The van der Waals surface area contributed by atoms with Crippen molar-refractivity contribution in [1.29, 1.82) is 0 Å². The lowest BCUT2D eigenvalue weighted by molar-refractivity contribution is 0.0949. The van der Waals surface area contributed by atoms with Gasteiger partial charge in [0.05, 0.1) is 10.5 Å². The van der Waals surface area contributed by atoms with Crippen LogP contribution in [0.4, 0.5) is 13.2 Å². The Balaban J connectivity index is 1.91. The highest BCUT2D eigenvalue weighted by atomic mass is 32.2. The quantitative estimate of drug-likeness (QED) is 0.567. The molecule has 0 aliphatic rings. The molecule has 0 heterocycles. The van der Waals surface area contributed by atoms with Crippen molar-refractivity contribution >= 4 is 15.9 Å². The Morgan fingerprint density at radius 1 is 0.962 bits per heavy atom. The van der Waals surface area contributed by atoms with Crippen LogP contribution in [0.25, 0.3) is 0 Å². The van der Waals surface area contributed by atoms with Crippen molar-refractivity contribution in [2.45, 2.75) is 18.2 Å². The van der Waals surface area contributed by atoms with Crippen LogP contribution in [0.3, 0.4) is 0 Å². The minimum Gasteiger partial charge on any atom is -0.351 e. The summed E-state index contributed by atoms with van der Waals surface area (Å²) in [6.45, 7) is 1.62. The van der Waals surface area contributed by atoms with Gasteiger partial charge in [-0.05, 0) is 36.2 Å². The Morgan fingerprint density at radius 3 is 2.23 bits per heavy atom. The third-order valence-corrected chi connectivity index (χ3v) is 5.10. The van der Waals surface area contributed by atoms with Gasteiger partial charge in [0.25, 0.3) is 5.91 Å². The monoisotopic (exact) mass is 386 g/mol. The predicted octanol–water partition coefficient (Wildman–Crippen LogP) is 2.37. The molecule has 1 amide bonds. The minimum absolute atomic E-state index is 0.0766. The normalized spacial score (nSPS) is 11.4. The zero-order valence-corrected chi connectivity index (χ0v) is 14.7. The van der Waals surface area contributed by atoms with E-state index in [0.717, 1.165) is 18.1 Å². The zero-order valence-electron chi connectivity index (χ0n) is 13.9. The molecule has 0 bridgehead atoms. The van der Waals surface area contributed by atoms with Gasteiger partial charge in [-0.1, -0.05) is 19.1 Å². The van der Waals surface area contributed by atoms with E-state index in [9.17, 15) is 26.4 Å². The van der Waals surface area contributed by atoms with Crippen LogP contribution in [0, 0.1) is 17.5 Å². The first-order valence-corrected chi connectivity index (χ1v) is 9.25. The highest BCUT2D eigenvalue weighted by Crippen LogP contribution is 2.15. The molecule has 26 heavy (non-hydrogen) atoms. The standard InChI is InChI=1S/C17H17F3N2O3S/c1-2-11-3-5-12(6-4-11)26(24,25)22-10-9-21-17(23)13-7-8-14(18)16(20)15(13)19/h3-8,22H,2,9-10H2,1H3,(H,21,23). The SMILES string of the molecule is CCc1ccc(S(=O)(=O)NCCNC(=O)c2ccc(F)c(F)c2F)cc1. The molecular weight excluding hydrogens is 369 g/mol. The number of benzene rings is 2. The van der Waals surface area contributed by atoms with Crippen molar-refractivity contribution in [2.75, 3.05) is 13.1 Å². The van der Waals surface area contributed by atoms with Crippen LogP contribution < -0.4 is 10.0 Å². The number of rotatable bonds is 7. The van der Waals surface area contributed by atoms with Gasteiger partial charge in [0.2, 0.25) is 10.0 Å². The summed E-state index contributed by atoms with van der Waals surface area (Å²) >= 11 is 0. The molecule has 0 aliphatic heterocycles. The molecule has 0 unspecified atom stereocenters. The van der Waals surface area contributed by atoms with Crippen molar-refractivity contribution in [3.63, 3.8) is 0 Å². The van der Waals surface area contributed by atoms with Crippen LogP contribution in [0.5, 0.6) is 0 Å². The fourth-order valence-electron chi connectivity index (χ4n) is 2.15. The van der Waals surface area contributed by atoms with Gasteiger partial charge >= 0.3 is 0 Å². The van der Waals surface area contributed by atoms with Crippen molar-refractivity contribution in [2.24, 2.45) is 0 Å². The Hall–Kier alpha value is -2.39. The Kier molecular flexibility index (Phi) is 6.38. The third kappa shape index (κ3) is 4.61. The van der Waals surface area contributed by atoms with E-state index in [2.05, 4.69) is 10.0 Å². The van der Waals surface area contributed by atoms with E-state index in [0.29, 0.717) is 6.07 Å². The van der Waals surface area contributed by atoms with Crippen molar-refractivity contribution in [3.8, 4) is 0 Å². The zero-order chi connectivity index (χ0) is 19.3. The van der Waals surface area contributed by atoms with Crippen LogP contribution in [-0.4, -0.2) is 27.4 Å². The molecule has 0 spiro atoms. The summed E-state index contributed by atoms with van der Waals surface area (Å²) in [5, 5.41) is 2.23. The fraction of sp³-hybridized carbons (Fsp3) is 0.235. The average molecular weight is 386 g/mol. The van der Waals surface area contributed by atoms with Crippen molar-refractivity contribution in [3.05, 3.63) is 65.0 Å². The number of sulfonamides is 1. The van der Waals surface area contributed by atoms with E-state index >= 15 is 0 Å². The second kappa shape index (κ2) is 8.33. The van der Waals surface area contributed by atoms with E-state index in [1.54, 1.807) is 12.1 Å². The summed E-state index contributed by atoms with van der Waals surface area (Å²) in [5.74, 6) is -5.72. The summed E-state index contributed by atoms with van der Waals surface area (Å²) in [6.07, 6.45) is 0.778. The third-order valence-electron chi connectivity index (χ3n) is 3.62. The van der Waals surface area contributed by atoms with Gasteiger partial charge < -0.3 is 5.32 Å². The second-order valence-electron chi connectivity index (χ2n) is 5.37. The van der Waals surface area contributed by atoms with E-state index in [-0.39, 0.29) is 18.0 Å². The number of amides is 1. The predicted molar refractivity (Wildman–Crippen MR) is 89.7 cm³/mol. The molecular formula is C17H17F3N2O3S. The van der Waals surface area contributed by atoms with E-state index in [1.807, 2.05) is 6.92 Å². The highest BCUT2D eigenvalue weighted by molar-refractivity contribution is 7.89. The van der Waals surface area contributed by atoms with Gasteiger partial charge in [0.1, 0.15) is 0 Å². The van der Waals surface area contributed by atoms with Gasteiger partial charge in [-0.15, -0.1) is 0 Å². The first-order chi connectivity index (χ1) is 12.3. The average Bonchev–Trinajstić information content (AvgIpc) is 2.63. The van der Waals surface area contributed by atoms with E-state index in [1.165, 1.54) is 12.1 Å². The van der Waals surface area contributed by atoms with Gasteiger partial charge in [0, 0.05) is 13.1 Å². The van der Waals surface area contributed by atoms with Crippen LogP contribution in [0.15, 0.2) is 41.3 Å². The number of aryl methyl sites for hydroxylation is 1. The largest absolute Gasteiger partial charge is 0.351 e. The van der Waals surface area contributed by atoms with Crippen molar-refractivity contribution < 1.29 is 26.4 Å². The topological polar surface area (TPSA) is 75.3 Å². The summed E-state index contributed by atoms with van der Waals surface area (Å²) < 4.78 is 66.0.